The van der Waals surface area contributed by atoms with Crippen molar-refractivity contribution in [3.05, 3.63) is 54.2 Å². The van der Waals surface area contributed by atoms with Crippen molar-refractivity contribution < 1.29 is 14.3 Å². The number of carbonyl (C=O) groups is 1. The summed E-state index contributed by atoms with van der Waals surface area (Å²) in [5, 5.41) is 4.37. The van der Waals surface area contributed by atoms with E-state index in [4.69, 9.17) is 9.47 Å². The number of amides is 1. The van der Waals surface area contributed by atoms with Gasteiger partial charge in [-0.2, -0.15) is 0 Å². The van der Waals surface area contributed by atoms with Crippen LogP contribution in [0.5, 0.6) is 11.5 Å². The summed E-state index contributed by atoms with van der Waals surface area (Å²) in [6.45, 7) is 3.79. The van der Waals surface area contributed by atoms with Crippen LogP contribution in [0.2, 0.25) is 0 Å². The molecule has 1 N–H and O–H groups in total. The van der Waals surface area contributed by atoms with Gasteiger partial charge >= 0.3 is 0 Å². The molecule has 1 aliphatic rings. The lowest BCUT2D eigenvalue weighted by Gasteiger charge is -2.30. The summed E-state index contributed by atoms with van der Waals surface area (Å²) in [6, 6.07) is 15.2. The fourth-order valence-electron chi connectivity index (χ4n) is 3.82. The zero-order valence-electron chi connectivity index (χ0n) is 17.6. The summed E-state index contributed by atoms with van der Waals surface area (Å²) in [5.74, 6) is 2.05. The zero-order chi connectivity index (χ0) is 21.1. The van der Waals surface area contributed by atoms with Crippen LogP contribution in [0, 0.1) is 5.92 Å². The molecule has 156 valence electrons. The number of likely N-dealkylation sites (tertiary alicyclic amines) is 1. The van der Waals surface area contributed by atoms with Gasteiger partial charge in [0.05, 0.1) is 31.1 Å². The Kier molecular flexibility index (Phi) is 5.74. The number of methoxy groups -OCH3 is 2. The molecule has 0 bridgehead atoms. The highest BCUT2D eigenvalue weighted by Crippen LogP contribution is 2.34. The quantitative estimate of drug-likeness (QED) is 0.656. The van der Waals surface area contributed by atoms with Crippen molar-refractivity contribution in [3.8, 4) is 11.5 Å². The number of benzene rings is 2. The van der Waals surface area contributed by atoms with Gasteiger partial charge in [-0.15, -0.1) is 0 Å². The summed E-state index contributed by atoms with van der Waals surface area (Å²) in [5.41, 5.74) is 2.80. The third-order valence-electron chi connectivity index (χ3n) is 5.68. The van der Waals surface area contributed by atoms with Gasteiger partial charge < -0.3 is 19.7 Å². The van der Waals surface area contributed by atoms with Crippen LogP contribution < -0.4 is 14.8 Å². The molecule has 0 aliphatic carbocycles. The van der Waals surface area contributed by atoms with Crippen molar-refractivity contribution in [2.24, 2.45) is 5.92 Å². The standard InChI is InChI=1S/C24H27N3O3/c1-16-10-12-27(13-11-16)24(28)22-15-20(18-6-4-5-7-19(18)25-22)26-21-14-17(29-2)8-9-23(21)30-3/h4-9,14-16H,10-13H2,1-3H3,(H,25,26). The first-order chi connectivity index (χ1) is 14.6. The Hall–Kier alpha value is -3.28. The van der Waals surface area contributed by atoms with Crippen molar-refractivity contribution in [2.75, 3.05) is 32.6 Å². The molecule has 0 saturated carbocycles. The maximum atomic E-state index is 13.2. The van der Waals surface area contributed by atoms with Gasteiger partial charge in [0, 0.05) is 24.5 Å². The molecule has 0 radical (unpaired) electrons. The average molecular weight is 405 g/mol. The van der Waals surface area contributed by atoms with Crippen LogP contribution in [0.15, 0.2) is 48.5 Å². The number of para-hydroxylation sites is 1. The lowest BCUT2D eigenvalue weighted by molar-refractivity contribution is 0.0691. The molecule has 1 aliphatic heterocycles. The second-order valence-corrected chi connectivity index (χ2v) is 7.74. The number of carbonyl (C=O) groups excluding carboxylic acids is 1. The molecule has 0 atom stereocenters. The Labute approximate surface area is 176 Å². The van der Waals surface area contributed by atoms with E-state index in [-0.39, 0.29) is 5.91 Å². The number of fused-ring (bicyclic) bond motifs is 1. The lowest BCUT2D eigenvalue weighted by Crippen LogP contribution is -2.38. The van der Waals surface area contributed by atoms with Gasteiger partial charge in [-0.3, -0.25) is 4.79 Å². The number of rotatable bonds is 5. The fraction of sp³-hybridized carbons (Fsp3) is 0.333. The third-order valence-corrected chi connectivity index (χ3v) is 5.68. The summed E-state index contributed by atoms with van der Waals surface area (Å²) in [7, 11) is 3.26. The van der Waals surface area contributed by atoms with E-state index in [1.54, 1.807) is 14.2 Å². The first-order valence-corrected chi connectivity index (χ1v) is 10.3. The Morgan fingerprint density at radius 3 is 2.53 bits per heavy atom. The van der Waals surface area contributed by atoms with Gasteiger partial charge in [-0.25, -0.2) is 4.98 Å². The third kappa shape index (κ3) is 4.03. The number of piperidine rings is 1. The summed E-state index contributed by atoms with van der Waals surface area (Å²) in [4.78, 5) is 19.7. The Balaban J connectivity index is 1.73. The maximum absolute atomic E-state index is 13.2. The van der Waals surface area contributed by atoms with Crippen LogP contribution in [-0.4, -0.2) is 43.1 Å². The predicted molar refractivity (Wildman–Crippen MR) is 119 cm³/mol. The van der Waals surface area contributed by atoms with Crippen LogP contribution in [0.1, 0.15) is 30.3 Å². The molecule has 1 amide bonds. The fourth-order valence-corrected chi connectivity index (χ4v) is 3.82. The van der Waals surface area contributed by atoms with Crippen molar-refractivity contribution >= 4 is 28.2 Å². The molecule has 0 unspecified atom stereocenters. The molecular formula is C24H27N3O3. The first kappa shape index (κ1) is 20.0. The van der Waals surface area contributed by atoms with E-state index < -0.39 is 0 Å². The number of anilines is 2. The number of pyridine rings is 1. The zero-order valence-corrected chi connectivity index (χ0v) is 17.6. The molecule has 1 aromatic heterocycles. The molecule has 1 fully saturated rings. The minimum absolute atomic E-state index is 0.0201. The van der Waals surface area contributed by atoms with Gasteiger partial charge in [-0.05, 0) is 43.0 Å². The van der Waals surface area contributed by atoms with E-state index in [1.165, 1.54) is 0 Å². The van der Waals surface area contributed by atoms with Gasteiger partial charge in [0.1, 0.15) is 17.2 Å². The van der Waals surface area contributed by atoms with Crippen molar-refractivity contribution in [2.45, 2.75) is 19.8 Å². The summed E-state index contributed by atoms with van der Waals surface area (Å²) < 4.78 is 10.9. The number of ether oxygens (including phenoxy) is 2. The maximum Gasteiger partial charge on any atom is 0.272 e. The molecule has 0 spiro atoms. The Morgan fingerprint density at radius 1 is 1.03 bits per heavy atom. The molecule has 2 aromatic carbocycles. The molecule has 6 nitrogen and oxygen atoms in total. The second-order valence-electron chi connectivity index (χ2n) is 7.74. The molecule has 6 heteroatoms. The summed E-state index contributed by atoms with van der Waals surface area (Å²) >= 11 is 0. The highest BCUT2D eigenvalue weighted by molar-refractivity contribution is 6.00. The first-order valence-electron chi connectivity index (χ1n) is 10.3. The van der Waals surface area contributed by atoms with Crippen molar-refractivity contribution in [1.82, 2.24) is 9.88 Å². The number of hydrogen-bond acceptors (Lipinski definition) is 5. The van der Waals surface area contributed by atoms with E-state index in [0.717, 1.165) is 54.0 Å². The van der Waals surface area contributed by atoms with E-state index >= 15 is 0 Å². The van der Waals surface area contributed by atoms with Gasteiger partial charge in [0.15, 0.2) is 0 Å². The molecular weight excluding hydrogens is 378 g/mol. The van der Waals surface area contributed by atoms with Gasteiger partial charge in [-0.1, -0.05) is 25.1 Å². The summed E-state index contributed by atoms with van der Waals surface area (Å²) in [6.07, 6.45) is 2.07. The predicted octanol–water partition coefficient (Wildman–Crippen LogP) is 4.87. The van der Waals surface area contributed by atoms with E-state index in [1.807, 2.05) is 53.4 Å². The molecule has 30 heavy (non-hydrogen) atoms. The molecule has 4 rings (SSSR count). The van der Waals surface area contributed by atoms with Gasteiger partial charge in [0.2, 0.25) is 0 Å². The molecule has 1 saturated heterocycles. The Morgan fingerprint density at radius 2 is 1.80 bits per heavy atom. The van der Waals surface area contributed by atoms with Crippen LogP contribution >= 0.6 is 0 Å². The lowest BCUT2D eigenvalue weighted by atomic mass is 9.99. The largest absolute Gasteiger partial charge is 0.497 e. The number of nitrogens with one attached hydrogen (secondary N) is 1. The monoisotopic (exact) mass is 405 g/mol. The highest BCUT2D eigenvalue weighted by atomic mass is 16.5. The smallest absolute Gasteiger partial charge is 0.272 e. The molecule has 3 aromatic rings. The number of nitrogens with zero attached hydrogens (tertiary/aromatic N) is 2. The number of aromatic nitrogens is 1. The average Bonchev–Trinajstić information content (AvgIpc) is 2.79. The van der Waals surface area contributed by atoms with Crippen LogP contribution in [-0.2, 0) is 0 Å². The highest BCUT2D eigenvalue weighted by Gasteiger charge is 2.23. The van der Waals surface area contributed by atoms with E-state index in [2.05, 4.69) is 17.2 Å². The Bertz CT molecular complexity index is 1060. The van der Waals surface area contributed by atoms with E-state index in [0.29, 0.717) is 17.4 Å². The van der Waals surface area contributed by atoms with Gasteiger partial charge in [0.25, 0.3) is 5.91 Å². The van der Waals surface area contributed by atoms with Crippen molar-refractivity contribution in [3.63, 3.8) is 0 Å². The second kappa shape index (κ2) is 8.61. The van der Waals surface area contributed by atoms with E-state index in [9.17, 15) is 4.79 Å². The normalized spacial score (nSPS) is 14.6. The van der Waals surface area contributed by atoms with Crippen LogP contribution in [0.3, 0.4) is 0 Å². The molecule has 2 heterocycles. The number of hydrogen-bond donors (Lipinski definition) is 1. The van der Waals surface area contributed by atoms with Crippen LogP contribution in [0.25, 0.3) is 10.9 Å². The van der Waals surface area contributed by atoms with Crippen molar-refractivity contribution in [1.29, 1.82) is 0 Å². The topological polar surface area (TPSA) is 63.7 Å². The minimum Gasteiger partial charge on any atom is -0.497 e. The SMILES string of the molecule is COc1ccc(OC)c(Nc2cc(C(=O)N3CCC(C)CC3)nc3ccccc23)c1. The van der Waals surface area contributed by atoms with Crippen LogP contribution in [0.4, 0.5) is 11.4 Å². The minimum atomic E-state index is -0.0201.